The maximum absolute atomic E-state index is 12.8. The van der Waals surface area contributed by atoms with E-state index in [4.69, 9.17) is 14.2 Å². The van der Waals surface area contributed by atoms with Gasteiger partial charge in [-0.25, -0.2) is 0 Å². The van der Waals surface area contributed by atoms with Crippen LogP contribution in [-0.4, -0.2) is 37.2 Å². The molecule has 0 aliphatic rings. The zero-order valence-corrected chi connectivity index (χ0v) is 39.2. The van der Waals surface area contributed by atoms with Crippen molar-refractivity contribution >= 4 is 17.9 Å². The number of esters is 3. The quantitative estimate of drug-likeness (QED) is 0.0200. The lowest BCUT2D eigenvalue weighted by Gasteiger charge is -2.18. The highest BCUT2D eigenvalue weighted by atomic mass is 16.6. The Morgan fingerprint density at radius 2 is 0.717 bits per heavy atom. The van der Waals surface area contributed by atoms with Crippen LogP contribution in [0.2, 0.25) is 0 Å². The Morgan fingerprint density at radius 3 is 1.22 bits per heavy atom. The Bertz CT molecular complexity index is 1140. The van der Waals surface area contributed by atoms with Crippen LogP contribution in [0.5, 0.6) is 0 Å². The van der Waals surface area contributed by atoms with Gasteiger partial charge in [0.25, 0.3) is 0 Å². The number of allylic oxidation sites excluding steroid dienone is 12. The van der Waals surface area contributed by atoms with Crippen molar-refractivity contribution in [3.8, 4) is 0 Å². The number of ether oxygens (including phenoxy) is 3. The summed E-state index contributed by atoms with van der Waals surface area (Å²) in [7, 11) is 0. The molecule has 0 fully saturated rings. The van der Waals surface area contributed by atoms with Gasteiger partial charge in [-0.3, -0.25) is 14.4 Å². The molecule has 1 unspecified atom stereocenters. The topological polar surface area (TPSA) is 78.9 Å². The van der Waals surface area contributed by atoms with E-state index in [0.717, 1.165) is 96.3 Å². The second-order valence-electron chi connectivity index (χ2n) is 16.4. The molecule has 1 atom stereocenters. The minimum Gasteiger partial charge on any atom is -0.462 e. The van der Waals surface area contributed by atoms with Crippen molar-refractivity contribution in [1.82, 2.24) is 0 Å². The van der Waals surface area contributed by atoms with Crippen LogP contribution in [0, 0.1) is 0 Å². The van der Waals surface area contributed by atoms with Crippen LogP contribution < -0.4 is 0 Å². The Hall–Kier alpha value is -3.15. The first kappa shape index (κ1) is 56.9. The van der Waals surface area contributed by atoms with Gasteiger partial charge < -0.3 is 14.2 Å². The van der Waals surface area contributed by atoms with Gasteiger partial charge in [-0.2, -0.15) is 0 Å². The van der Waals surface area contributed by atoms with Gasteiger partial charge in [0, 0.05) is 19.3 Å². The summed E-state index contributed by atoms with van der Waals surface area (Å²) in [6, 6.07) is 0. The molecule has 0 heterocycles. The van der Waals surface area contributed by atoms with Crippen molar-refractivity contribution in [1.29, 1.82) is 0 Å². The van der Waals surface area contributed by atoms with E-state index in [1.807, 2.05) is 0 Å². The SMILES string of the molecule is CC/C=C\C/C=C\CCCCC(=O)OCC(COC(=O)CCCCCCC\C=C/C=C\C=C/C=C\CCCCC)OC(=O)CCCCCCCCCCCCCCCCC. The molecule has 0 saturated heterocycles. The first-order chi connectivity index (χ1) is 29.5. The molecule has 6 nitrogen and oxygen atoms in total. The van der Waals surface area contributed by atoms with Crippen molar-refractivity contribution in [3.63, 3.8) is 0 Å². The van der Waals surface area contributed by atoms with E-state index < -0.39 is 6.10 Å². The average molecular weight is 837 g/mol. The fourth-order valence-electron chi connectivity index (χ4n) is 6.79. The van der Waals surface area contributed by atoms with E-state index in [-0.39, 0.29) is 31.1 Å². The molecule has 0 aliphatic heterocycles. The van der Waals surface area contributed by atoms with Crippen LogP contribution in [0.4, 0.5) is 0 Å². The van der Waals surface area contributed by atoms with E-state index in [1.54, 1.807) is 0 Å². The predicted octanol–water partition coefficient (Wildman–Crippen LogP) is 16.3. The highest BCUT2D eigenvalue weighted by molar-refractivity contribution is 5.71. The van der Waals surface area contributed by atoms with Crippen LogP contribution in [0.3, 0.4) is 0 Å². The summed E-state index contributed by atoms with van der Waals surface area (Å²) < 4.78 is 16.7. The molecule has 0 bridgehead atoms. The number of carbonyl (C=O) groups is 3. The molecular formula is C54H92O6. The smallest absolute Gasteiger partial charge is 0.306 e. The lowest BCUT2D eigenvalue weighted by Crippen LogP contribution is -2.30. The number of carbonyl (C=O) groups excluding carboxylic acids is 3. The molecular weight excluding hydrogens is 745 g/mol. The van der Waals surface area contributed by atoms with Crippen LogP contribution in [0.1, 0.15) is 233 Å². The fraction of sp³-hybridized carbons (Fsp3) is 0.722. The molecule has 0 spiro atoms. The molecule has 0 aliphatic carbocycles. The lowest BCUT2D eigenvalue weighted by atomic mass is 10.0. The number of rotatable bonds is 44. The van der Waals surface area contributed by atoms with Gasteiger partial charge >= 0.3 is 17.9 Å². The monoisotopic (exact) mass is 837 g/mol. The molecule has 60 heavy (non-hydrogen) atoms. The third-order valence-electron chi connectivity index (χ3n) is 10.5. The molecule has 0 rings (SSSR count). The summed E-state index contributed by atoms with van der Waals surface area (Å²) in [5.74, 6) is -0.954. The van der Waals surface area contributed by atoms with Gasteiger partial charge in [0.2, 0.25) is 0 Å². The molecule has 0 N–H and O–H groups in total. The number of hydrogen-bond acceptors (Lipinski definition) is 6. The minimum atomic E-state index is -0.795. The summed E-state index contributed by atoms with van der Waals surface area (Å²) in [6.45, 7) is 6.42. The van der Waals surface area contributed by atoms with Crippen molar-refractivity contribution in [2.24, 2.45) is 0 Å². The number of unbranched alkanes of at least 4 members (excludes halogenated alkanes) is 24. The van der Waals surface area contributed by atoms with E-state index in [9.17, 15) is 14.4 Å². The Labute approximate surface area is 370 Å². The fourth-order valence-corrected chi connectivity index (χ4v) is 6.79. The van der Waals surface area contributed by atoms with Crippen LogP contribution in [0.15, 0.2) is 72.9 Å². The summed E-state index contributed by atoms with van der Waals surface area (Å²) in [4.78, 5) is 37.8. The largest absolute Gasteiger partial charge is 0.462 e. The van der Waals surface area contributed by atoms with Gasteiger partial charge in [0.05, 0.1) is 0 Å². The highest BCUT2D eigenvalue weighted by Gasteiger charge is 2.19. The molecule has 0 saturated carbocycles. The van der Waals surface area contributed by atoms with Gasteiger partial charge in [-0.1, -0.05) is 216 Å². The molecule has 6 heteroatoms. The van der Waals surface area contributed by atoms with Crippen molar-refractivity contribution in [2.75, 3.05) is 13.2 Å². The van der Waals surface area contributed by atoms with Crippen LogP contribution >= 0.6 is 0 Å². The van der Waals surface area contributed by atoms with E-state index in [0.29, 0.717) is 19.3 Å². The first-order valence-corrected chi connectivity index (χ1v) is 25.0. The van der Waals surface area contributed by atoms with Gasteiger partial charge in [-0.15, -0.1) is 0 Å². The third-order valence-corrected chi connectivity index (χ3v) is 10.5. The normalized spacial score (nSPS) is 12.7. The van der Waals surface area contributed by atoms with Gasteiger partial charge in [0.1, 0.15) is 13.2 Å². The zero-order valence-electron chi connectivity index (χ0n) is 39.2. The van der Waals surface area contributed by atoms with Crippen molar-refractivity contribution in [2.45, 2.75) is 239 Å². The molecule has 0 radical (unpaired) electrons. The summed E-state index contributed by atoms with van der Waals surface area (Å²) in [6.07, 6.45) is 60.3. The molecule has 0 aromatic carbocycles. The number of hydrogen-bond donors (Lipinski definition) is 0. The van der Waals surface area contributed by atoms with Crippen LogP contribution in [0.25, 0.3) is 0 Å². The molecule has 0 amide bonds. The van der Waals surface area contributed by atoms with E-state index >= 15 is 0 Å². The first-order valence-electron chi connectivity index (χ1n) is 25.0. The predicted molar refractivity (Wildman–Crippen MR) is 256 cm³/mol. The Morgan fingerprint density at radius 1 is 0.367 bits per heavy atom. The maximum Gasteiger partial charge on any atom is 0.306 e. The summed E-state index contributed by atoms with van der Waals surface area (Å²) in [5.41, 5.74) is 0. The molecule has 344 valence electrons. The average Bonchev–Trinajstić information content (AvgIpc) is 3.24. The second kappa shape index (κ2) is 48.5. The van der Waals surface area contributed by atoms with E-state index in [1.165, 1.54) is 96.3 Å². The van der Waals surface area contributed by atoms with Gasteiger partial charge in [0.15, 0.2) is 6.10 Å². The Kier molecular flexibility index (Phi) is 46.0. The van der Waals surface area contributed by atoms with Crippen molar-refractivity contribution in [3.05, 3.63) is 72.9 Å². The third kappa shape index (κ3) is 45.9. The highest BCUT2D eigenvalue weighted by Crippen LogP contribution is 2.15. The molecule has 0 aromatic rings. The Balaban J connectivity index is 4.39. The van der Waals surface area contributed by atoms with Crippen LogP contribution in [-0.2, 0) is 28.6 Å². The lowest BCUT2D eigenvalue weighted by molar-refractivity contribution is -0.167. The standard InChI is InChI=1S/C54H92O6/c1-4-7-10-13-16-19-21-23-25-26-27-29-30-32-35-38-41-44-47-53(56)59-50-51(49-58-52(55)46-43-40-37-34-18-15-12-9-6-3)60-54(57)48-45-42-39-36-33-31-28-24-22-20-17-14-11-8-5-2/h9,12,16,18-19,21,23,25-27,29,34,51H,4-8,10-11,13-15,17,20,22,24,28,30-33,35-50H2,1-3H3/b12-9-,19-16-,23-21-,26-25-,29-27-,34-18-. The summed E-state index contributed by atoms with van der Waals surface area (Å²) >= 11 is 0. The summed E-state index contributed by atoms with van der Waals surface area (Å²) in [5, 5.41) is 0. The minimum absolute atomic E-state index is 0.0969. The second-order valence-corrected chi connectivity index (χ2v) is 16.4. The maximum atomic E-state index is 12.8. The zero-order chi connectivity index (χ0) is 43.7. The van der Waals surface area contributed by atoms with Gasteiger partial charge in [-0.05, 0) is 70.6 Å². The van der Waals surface area contributed by atoms with E-state index in [2.05, 4.69) is 93.7 Å². The van der Waals surface area contributed by atoms with Crippen molar-refractivity contribution < 1.29 is 28.6 Å². The molecule has 0 aromatic heterocycles.